The molecule has 1 unspecified atom stereocenters. The number of nitrogens with zero attached hydrogens (tertiary/aromatic N) is 1. The van der Waals surface area contributed by atoms with Gasteiger partial charge in [0.2, 0.25) is 0 Å². The second-order valence-corrected chi connectivity index (χ2v) is 8.37. The molecule has 1 atom stereocenters. The Morgan fingerprint density at radius 3 is 2.55 bits per heavy atom. The van der Waals surface area contributed by atoms with E-state index in [9.17, 15) is 19.5 Å². The molecule has 2 heterocycles. The average molecular weight is 460 g/mol. The minimum absolute atomic E-state index is 0.221. The summed E-state index contributed by atoms with van der Waals surface area (Å²) in [5.74, 6) is -0.906. The van der Waals surface area contributed by atoms with Crippen LogP contribution in [-0.2, 0) is 14.3 Å². The fourth-order valence-corrected chi connectivity index (χ4v) is 4.42. The number of carbonyl (C=O) groups is 3. The summed E-state index contributed by atoms with van der Waals surface area (Å²) in [5, 5.41) is 9.46. The lowest BCUT2D eigenvalue weighted by molar-refractivity contribution is -0.145. The fourth-order valence-electron chi connectivity index (χ4n) is 3.08. The van der Waals surface area contributed by atoms with Crippen molar-refractivity contribution < 1.29 is 28.6 Å². The molecule has 1 aromatic heterocycles. The highest BCUT2D eigenvalue weighted by molar-refractivity contribution is 8.26. The maximum Gasteiger partial charge on any atom is 0.338 e. The summed E-state index contributed by atoms with van der Waals surface area (Å²) in [6.45, 7) is 3.91. The van der Waals surface area contributed by atoms with Crippen molar-refractivity contribution in [3.05, 3.63) is 52.6 Å². The van der Waals surface area contributed by atoms with Gasteiger partial charge in [-0.25, -0.2) is 9.59 Å². The summed E-state index contributed by atoms with van der Waals surface area (Å²) in [5.41, 5.74) is 1.20. The van der Waals surface area contributed by atoms with Gasteiger partial charge < -0.3 is 14.3 Å². The van der Waals surface area contributed by atoms with E-state index >= 15 is 0 Å². The number of carboxylic acid groups (broad SMARTS) is 1. The molecule has 0 spiro atoms. The van der Waals surface area contributed by atoms with Crippen LogP contribution in [0, 0.1) is 0 Å². The Kier molecular flexibility index (Phi) is 7.29. The van der Waals surface area contributed by atoms with E-state index in [1.165, 1.54) is 0 Å². The van der Waals surface area contributed by atoms with Gasteiger partial charge in [0.05, 0.1) is 17.1 Å². The maximum absolute atomic E-state index is 12.8. The van der Waals surface area contributed by atoms with Crippen LogP contribution in [-0.4, -0.2) is 44.8 Å². The van der Waals surface area contributed by atoms with Crippen LogP contribution in [0.3, 0.4) is 0 Å². The second-order valence-electron chi connectivity index (χ2n) is 6.69. The van der Waals surface area contributed by atoms with Crippen LogP contribution in [0.5, 0.6) is 0 Å². The van der Waals surface area contributed by atoms with Crippen LogP contribution in [0.1, 0.15) is 42.8 Å². The largest absolute Gasteiger partial charge is 0.480 e. The summed E-state index contributed by atoms with van der Waals surface area (Å²) in [7, 11) is 0. The van der Waals surface area contributed by atoms with Crippen molar-refractivity contribution in [2.24, 2.45) is 0 Å². The van der Waals surface area contributed by atoms with Crippen molar-refractivity contribution in [2.45, 2.75) is 32.7 Å². The van der Waals surface area contributed by atoms with Gasteiger partial charge in [0, 0.05) is 11.6 Å². The van der Waals surface area contributed by atoms with Crippen LogP contribution in [0.15, 0.2) is 45.7 Å². The molecule has 162 valence electrons. The van der Waals surface area contributed by atoms with Crippen LogP contribution in [0.2, 0.25) is 0 Å². The molecule has 7 nitrogen and oxygen atoms in total. The Balaban J connectivity index is 1.78. The number of benzene rings is 1. The van der Waals surface area contributed by atoms with Gasteiger partial charge in [-0.1, -0.05) is 49.5 Å². The van der Waals surface area contributed by atoms with Gasteiger partial charge in [0.15, 0.2) is 0 Å². The van der Waals surface area contributed by atoms with Crippen molar-refractivity contribution in [3.8, 4) is 11.3 Å². The van der Waals surface area contributed by atoms with Crippen molar-refractivity contribution in [1.82, 2.24) is 4.90 Å². The highest BCUT2D eigenvalue weighted by Crippen LogP contribution is 2.35. The lowest BCUT2D eigenvalue weighted by atomic mass is 10.1. The monoisotopic (exact) mass is 459 g/mol. The second kappa shape index (κ2) is 9.93. The zero-order chi connectivity index (χ0) is 22.5. The minimum atomic E-state index is -1.08. The molecule has 9 heteroatoms. The van der Waals surface area contributed by atoms with Crippen molar-refractivity contribution in [3.63, 3.8) is 0 Å². The van der Waals surface area contributed by atoms with E-state index in [-0.39, 0.29) is 10.3 Å². The van der Waals surface area contributed by atoms with Gasteiger partial charge in [0.1, 0.15) is 21.9 Å². The van der Waals surface area contributed by atoms with Crippen molar-refractivity contribution in [2.75, 3.05) is 6.61 Å². The molecule has 1 saturated heterocycles. The predicted molar refractivity (Wildman–Crippen MR) is 121 cm³/mol. The number of hydrogen-bond acceptors (Lipinski definition) is 7. The van der Waals surface area contributed by atoms with Gasteiger partial charge in [-0.3, -0.25) is 9.69 Å². The Labute approximate surface area is 189 Å². The number of thioether (sulfide) groups is 1. The minimum Gasteiger partial charge on any atom is -0.480 e. The summed E-state index contributed by atoms with van der Waals surface area (Å²) in [6.07, 6.45) is 2.49. The van der Waals surface area contributed by atoms with Gasteiger partial charge in [-0.05, 0) is 37.6 Å². The number of rotatable bonds is 8. The molecule has 2 aromatic rings. The summed E-state index contributed by atoms with van der Waals surface area (Å²) < 4.78 is 11.0. The Morgan fingerprint density at radius 2 is 1.94 bits per heavy atom. The fraction of sp³-hybridized carbons (Fsp3) is 0.273. The highest BCUT2D eigenvalue weighted by Gasteiger charge is 2.40. The molecule has 0 aliphatic carbocycles. The Bertz CT molecular complexity index is 1040. The number of aliphatic carboxylic acids is 1. The SMILES string of the molecule is CCCC(C(=O)O)N1C(=O)/C(=C\c2ccc(-c3ccc(C(=O)OCC)cc3)o2)SC1=S. The number of furan rings is 1. The first-order chi connectivity index (χ1) is 14.8. The maximum atomic E-state index is 12.8. The lowest BCUT2D eigenvalue weighted by Gasteiger charge is -2.22. The third-order valence-electron chi connectivity index (χ3n) is 4.56. The third-order valence-corrected chi connectivity index (χ3v) is 5.89. The molecule has 31 heavy (non-hydrogen) atoms. The highest BCUT2D eigenvalue weighted by atomic mass is 32.2. The van der Waals surface area contributed by atoms with Gasteiger partial charge in [0.25, 0.3) is 5.91 Å². The summed E-state index contributed by atoms with van der Waals surface area (Å²) >= 11 is 6.31. The zero-order valence-electron chi connectivity index (χ0n) is 17.0. The van der Waals surface area contributed by atoms with E-state index in [2.05, 4.69) is 0 Å². The van der Waals surface area contributed by atoms with Crippen LogP contribution < -0.4 is 0 Å². The Morgan fingerprint density at radius 1 is 1.23 bits per heavy atom. The molecule has 0 bridgehead atoms. The summed E-state index contributed by atoms with van der Waals surface area (Å²) in [4.78, 5) is 37.6. The van der Waals surface area contributed by atoms with E-state index in [1.54, 1.807) is 49.4 Å². The first-order valence-electron chi connectivity index (χ1n) is 9.73. The van der Waals surface area contributed by atoms with Gasteiger partial charge in [-0.2, -0.15) is 0 Å². The number of carbonyl (C=O) groups excluding carboxylic acids is 2. The number of ether oxygens (including phenoxy) is 1. The molecular formula is C22H21NO6S2. The van der Waals surface area contributed by atoms with Crippen LogP contribution in [0.4, 0.5) is 0 Å². The Hall–Kier alpha value is -2.91. The molecule has 0 radical (unpaired) electrons. The smallest absolute Gasteiger partial charge is 0.338 e. The van der Waals surface area contributed by atoms with Crippen molar-refractivity contribution in [1.29, 1.82) is 0 Å². The van der Waals surface area contributed by atoms with Gasteiger partial charge >= 0.3 is 11.9 Å². The predicted octanol–water partition coefficient (Wildman–Crippen LogP) is 4.58. The van der Waals surface area contributed by atoms with E-state index in [0.717, 1.165) is 22.2 Å². The van der Waals surface area contributed by atoms with Crippen LogP contribution in [0.25, 0.3) is 17.4 Å². The number of amides is 1. The van der Waals surface area contributed by atoms with E-state index in [4.69, 9.17) is 21.4 Å². The number of thiocarbonyl (C=S) groups is 1. The van der Waals surface area contributed by atoms with E-state index in [1.807, 2.05) is 6.92 Å². The third kappa shape index (κ3) is 5.05. The molecule has 1 aromatic carbocycles. The number of carboxylic acids is 1. The molecule has 0 saturated carbocycles. The van der Waals surface area contributed by atoms with Crippen LogP contribution >= 0.6 is 24.0 Å². The summed E-state index contributed by atoms with van der Waals surface area (Å²) in [6, 6.07) is 9.28. The molecule has 1 aliphatic rings. The van der Waals surface area contributed by atoms with Gasteiger partial charge in [-0.15, -0.1) is 0 Å². The molecular weight excluding hydrogens is 438 g/mol. The van der Waals surface area contributed by atoms with E-state index < -0.39 is 17.9 Å². The first-order valence-corrected chi connectivity index (χ1v) is 11.0. The molecule has 1 N–H and O–H groups in total. The number of esters is 1. The standard InChI is InChI=1S/C22H21NO6S2/c1-3-5-16(20(25)26)23-19(24)18(31-22(23)30)12-15-10-11-17(29-15)13-6-8-14(9-7-13)21(27)28-4-2/h6-12,16H,3-5H2,1-2H3,(H,25,26)/b18-12+. The molecule has 1 amide bonds. The molecule has 1 aliphatic heterocycles. The first kappa shape index (κ1) is 22.8. The average Bonchev–Trinajstić information content (AvgIpc) is 3.31. The van der Waals surface area contributed by atoms with E-state index in [0.29, 0.717) is 41.4 Å². The number of hydrogen-bond donors (Lipinski definition) is 1. The molecule has 1 fully saturated rings. The topological polar surface area (TPSA) is 97.1 Å². The quantitative estimate of drug-likeness (QED) is 0.348. The van der Waals surface area contributed by atoms with Crippen molar-refractivity contribution >= 4 is 52.2 Å². The normalized spacial score (nSPS) is 16.1. The zero-order valence-corrected chi connectivity index (χ0v) is 18.6. The lowest BCUT2D eigenvalue weighted by Crippen LogP contribution is -2.43. The molecule has 3 rings (SSSR count).